The van der Waals surface area contributed by atoms with Crippen LogP contribution in [-0.4, -0.2) is 41.3 Å². The van der Waals surface area contributed by atoms with Gasteiger partial charge in [0, 0.05) is 23.9 Å². The minimum Gasteiger partial charge on any atom is -0.481 e. The molecule has 0 bridgehead atoms. The highest BCUT2D eigenvalue weighted by Gasteiger charge is 2.30. The highest BCUT2D eigenvalue weighted by atomic mass is 16.5. The first-order valence-corrected chi connectivity index (χ1v) is 11.2. The molecule has 0 saturated carbocycles. The molecule has 0 spiro atoms. The second-order valence-electron chi connectivity index (χ2n) is 9.53. The number of aliphatic carboxylic acids is 1. The first kappa shape index (κ1) is 24.3. The zero-order valence-electron chi connectivity index (χ0n) is 19.6. The molecule has 0 saturated heterocycles. The summed E-state index contributed by atoms with van der Waals surface area (Å²) in [6, 6.07) is 15.8. The van der Waals surface area contributed by atoms with Gasteiger partial charge in [-0.25, -0.2) is 4.79 Å². The van der Waals surface area contributed by atoms with Crippen molar-refractivity contribution in [1.82, 2.24) is 10.6 Å². The van der Waals surface area contributed by atoms with Crippen molar-refractivity contribution < 1.29 is 24.2 Å². The molecular formula is C26H32N2O5. The summed E-state index contributed by atoms with van der Waals surface area (Å²) >= 11 is 0. The normalized spacial score (nSPS) is 13.7. The van der Waals surface area contributed by atoms with Gasteiger partial charge in [-0.3, -0.25) is 9.59 Å². The SMILES string of the molecule is CC(C)[C@@H](CC(=O)NC(C)(C)CC(=O)O)NC(=O)OCC1c2ccccc2-c2ccccc21. The van der Waals surface area contributed by atoms with E-state index in [1.54, 1.807) is 13.8 Å². The maximum absolute atomic E-state index is 12.6. The van der Waals surface area contributed by atoms with Crippen LogP contribution in [0, 0.1) is 5.92 Å². The highest BCUT2D eigenvalue weighted by Crippen LogP contribution is 2.44. The lowest BCUT2D eigenvalue weighted by Gasteiger charge is -2.27. The molecule has 3 N–H and O–H groups in total. The number of amides is 2. The fraction of sp³-hybridized carbons (Fsp3) is 0.423. The van der Waals surface area contributed by atoms with E-state index in [1.807, 2.05) is 38.1 Å². The Kier molecular flexibility index (Phi) is 7.41. The molecule has 1 atom stereocenters. The highest BCUT2D eigenvalue weighted by molar-refractivity contribution is 5.80. The number of benzene rings is 2. The fourth-order valence-electron chi connectivity index (χ4n) is 4.30. The Bertz CT molecular complexity index is 985. The van der Waals surface area contributed by atoms with Gasteiger partial charge in [-0.15, -0.1) is 0 Å². The monoisotopic (exact) mass is 452 g/mol. The van der Waals surface area contributed by atoms with E-state index < -0.39 is 23.6 Å². The second-order valence-corrected chi connectivity index (χ2v) is 9.53. The van der Waals surface area contributed by atoms with E-state index in [2.05, 4.69) is 34.9 Å². The van der Waals surface area contributed by atoms with E-state index in [0.717, 1.165) is 22.3 Å². The summed E-state index contributed by atoms with van der Waals surface area (Å²) in [5.41, 5.74) is 3.69. The topological polar surface area (TPSA) is 105 Å². The Morgan fingerprint density at radius 3 is 2.06 bits per heavy atom. The van der Waals surface area contributed by atoms with Crippen LogP contribution >= 0.6 is 0 Å². The van der Waals surface area contributed by atoms with Crippen LogP contribution in [-0.2, 0) is 14.3 Å². The van der Waals surface area contributed by atoms with Gasteiger partial charge < -0.3 is 20.5 Å². The number of carbonyl (C=O) groups excluding carboxylic acids is 2. The molecule has 3 rings (SSSR count). The van der Waals surface area contributed by atoms with Crippen LogP contribution in [0.15, 0.2) is 48.5 Å². The summed E-state index contributed by atoms with van der Waals surface area (Å²) in [6.07, 6.45) is -0.733. The van der Waals surface area contributed by atoms with Gasteiger partial charge in [-0.1, -0.05) is 62.4 Å². The molecule has 33 heavy (non-hydrogen) atoms. The summed E-state index contributed by atoms with van der Waals surface area (Å²) in [7, 11) is 0. The quantitative estimate of drug-likeness (QED) is 0.526. The summed E-state index contributed by atoms with van der Waals surface area (Å²) in [5, 5.41) is 14.5. The molecule has 0 aliphatic heterocycles. The van der Waals surface area contributed by atoms with Crippen molar-refractivity contribution >= 4 is 18.0 Å². The molecule has 2 aromatic carbocycles. The van der Waals surface area contributed by atoms with Gasteiger partial charge in [0.05, 0.1) is 6.42 Å². The van der Waals surface area contributed by atoms with E-state index in [1.165, 1.54) is 0 Å². The van der Waals surface area contributed by atoms with E-state index in [9.17, 15) is 14.4 Å². The van der Waals surface area contributed by atoms with Crippen molar-refractivity contribution in [2.75, 3.05) is 6.61 Å². The Morgan fingerprint density at radius 2 is 1.55 bits per heavy atom. The predicted molar refractivity (Wildman–Crippen MR) is 126 cm³/mol. The smallest absolute Gasteiger partial charge is 0.407 e. The van der Waals surface area contributed by atoms with Crippen molar-refractivity contribution in [3.8, 4) is 11.1 Å². The lowest BCUT2D eigenvalue weighted by Crippen LogP contribution is -2.48. The summed E-state index contributed by atoms with van der Waals surface area (Å²) in [6.45, 7) is 7.32. The van der Waals surface area contributed by atoms with E-state index in [-0.39, 0.29) is 37.2 Å². The zero-order chi connectivity index (χ0) is 24.2. The molecule has 1 aliphatic rings. The molecule has 2 aromatic rings. The van der Waals surface area contributed by atoms with Crippen molar-refractivity contribution in [2.24, 2.45) is 5.92 Å². The van der Waals surface area contributed by atoms with Gasteiger partial charge in [0.15, 0.2) is 0 Å². The molecule has 1 aliphatic carbocycles. The Morgan fingerprint density at radius 1 is 1.00 bits per heavy atom. The van der Waals surface area contributed by atoms with Crippen LogP contribution in [0.25, 0.3) is 11.1 Å². The van der Waals surface area contributed by atoms with Crippen molar-refractivity contribution in [2.45, 2.75) is 58.0 Å². The number of hydrogen-bond acceptors (Lipinski definition) is 4. The lowest BCUT2D eigenvalue weighted by atomic mass is 9.97. The number of hydrogen-bond donors (Lipinski definition) is 3. The van der Waals surface area contributed by atoms with Gasteiger partial charge in [0.25, 0.3) is 0 Å². The maximum Gasteiger partial charge on any atom is 0.407 e. The van der Waals surface area contributed by atoms with E-state index >= 15 is 0 Å². The first-order valence-electron chi connectivity index (χ1n) is 11.2. The number of rotatable bonds is 9. The summed E-state index contributed by atoms with van der Waals surface area (Å²) < 4.78 is 5.60. The average molecular weight is 453 g/mol. The van der Waals surface area contributed by atoms with Gasteiger partial charge >= 0.3 is 12.1 Å². The van der Waals surface area contributed by atoms with Crippen molar-refractivity contribution in [3.63, 3.8) is 0 Å². The zero-order valence-corrected chi connectivity index (χ0v) is 19.6. The Hall–Kier alpha value is -3.35. The fourth-order valence-corrected chi connectivity index (χ4v) is 4.30. The van der Waals surface area contributed by atoms with Crippen LogP contribution < -0.4 is 10.6 Å². The molecule has 0 radical (unpaired) electrons. The molecule has 0 aromatic heterocycles. The third-order valence-electron chi connectivity index (χ3n) is 5.93. The van der Waals surface area contributed by atoms with Crippen LogP contribution in [0.4, 0.5) is 4.79 Å². The third kappa shape index (κ3) is 6.12. The van der Waals surface area contributed by atoms with Gasteiger partial charge in [0.1, 0.15) is 6.61 Å². The van der Waals surface area contributed by atoms with Crippen LogP contribution in [0.2, 0.25) is 0 Å². The second kappa shape index (κ2) is 10.1. The Balaban J connectivity index is 1.60. The number of carbonyl (C=O) groups is 3. The van der Waals surface area contributed by atoms with E-state index in [4.69, 9.17) is 9.84 Å². The van der Waals surface area contributed by atoms with Gasteiger partial charge in [-0.05, 0) is 42.0 Å². The largest absolute Gasteiger partial charge is 0.481 e. The number of ether oxygens (including phenoxy) is 1. The Labute approximate surface area is 194 Å². The summed E-state index contributed by atoms with van der Waals surface area (Å²) in [4.78, 5) is 36.1. The number of fused-ring (bicyclic) bond motifs is 3. The minimum absolute atomic E-state index is 0.0150. The average Bonchev–Trinajstić information content (AvgIpc) is 3.04. The number of carboxylic acids is 1. The van der Waals surface area contributed by atoms with Gasteiger partial charge in [-0.2, -0.15) is 0 Å². The standard InChI is InChI=1S/C26H32N2O5/c1-16(2)22(13-23(29)28-26(3,4)14-24(30)31)27-25(32)33-15-21-19-11-7-5-9-17(19)18-10-6-8-12-20(18)21/h5-12,16,21-22H,13-15H2,1-4H3,(H,27,32)(H,28,29)(H,30,31)/t22-/m1/s1. The minimum atomic E-state index is -0.988. The first-order chi connectivity index (χ1) is 15.6. The van der Waals surface area contributed by atoms with Crippen molar-refractivity contribution in [1.29, 1.82) is 0 Å². The molecule has 176 valence electrons. The lowest BCUT2D eigenvalue weighted by molar-refractivity contribution is -0.138. The van der Waals surface area contributed by atoms with E-state index in [0.29, 0.717) is 0 Å². The predicted octanol–water partition coefficient (Wildman–Crippen LogP) is 4.31. The van der Waals surface area contributed by atoms with Crippen LogP contribution in [0.5, 0.6) is 0 Å². The van der Waals surface area contributed by atoms with Crippen LogP contribution in [0.3, 0.4) is 0 Å². The number of alkyl carbamates (subject to hydrolysis) is 1. The maximum atomic E-state index is 12.6. The third-order valence-corrected chi connectivity index (χ3v) is 5.93. The molecular weight excluding hydrogens is 420 g/mol. The molecule has 0 fully saturated rings. The molecule has 7 heteroatoms. The van der Waals surface area contributed by atoms with Crippen LogP contribution in [0.1, 0.15) is 57.6 Å². The molecule has 2 amide bonds. The molecule has 0 unspecified atom stereocenters. The number of carboxylic acid groups (broad SMARTS) is 1. The van der Waals surface area contributed by atoms with Gasteiger partial charge in [0.2, 0.25) is 5.91 Å². The van der Waals surface area contributed by atoms with Crippen molar-refractivity contribution in [3.05, 3.63) is 59.7 Å². The number of nitrogens with one attached hydrogen (secondary N) is 2. The summed E-state index contributed by atoms with van der Waals surface area (Å²) in [5.74, 6) is -1.36. The molecule has 7 nitrogen and oxygen atoms in total. The molecule has 0 heterocycles.